The lowest BCUT2D eigenvalue weighted by Crippen LogP contribution is -2.20. The zero-order valence-corrected chi connectivity index (χ0v) is 15.4. The molecule has 1 saturated heterocycles. The molecule has 4 aromatic rings. The van der Waals surface area contributed by atoms with E-state index in [9.17, 15) is 8.78 Å². The van der Waals surface area contributed by atoms with Crippen LogP contribution in [-0.4, -0.2) is 31.0 Å². The van der Waals surface area contributed by atoms with Crippen molar-refractivity contribution in [3.05, 3.63) is 54.6 Å². The number of nitrogens with zero attached hydrogens (tertiary/aromatic N) is 5. The monoisotopic (exact) mass is 396 g/mol. The second-order valence-corrected chi connectivity index (χ2v) is 7.00. The van der Waals surface area contributed by atoms with Crippen molar-refractivity contribution in [2.75, 3.05) is 12.3 Å². The normalized spacial score (nSPS) is 17.1. The van der Waals surface area contributed by atoms with Crippen LogP contribution in [0.3, 0.4) is 0 Å². The summed E-state index contributed by atoms with van der Waals surface area (Å²) in [6.45, 7) is 0.703. The van der Waals surface area contributed by atoms with Gasteiger partial charge in [0.05, 0.1) is 23.0 Å². The Kier molecular flexibility index (Phi) is 4.24. The molecule has 1 aromatic carbocycles. The highest BCUT2D eigenvalue weighted by Crippen LogP contribution is 2.31. The first-order valence-electron chi connectivity index (χ1n) is 9.36. The molecule has 0 amide bonds. The van der Waals surface area contributed by atoms with Crippen LogP contribution in [0.4, 0.5) is 14.5 Å². The molecule has 0 saturated carbocycles. The predicted molar refractivity (Wildman–Crippen MR) is 103 cm³/mol. The summed E-state index contributed by atoms with van der Waals surface area (Å²) in [5.74, 6) is -1.45. The third-order valence-corrected chi connectivity index (χ3v) is 5.10. The van der Waals surface area contributed by atoms with Crippen LogP contribution in [0.1, 0.15) is 25.5 Å². The van der Waals surface area contributed by atoms with Gasteiger partial charge in [-0.2, -0.15) is 9.90 Å². The molecule has 5 rings (SSSR count). The Hall–Kier alpha value is -3.33. The first kappa shape index (κ1) is 17.7. The average Bonchev–Trinajstić information content (AvgIpc) is 3.38. The summed E-state index contributed by atoms with van der Waals surface area (Å²) < 4.78 is 36.0. The van der Waals surface area contributed by atoms with E-state index in [1.165, 1.54) is 6.07 Å². The number of halogens is 2. The van der Waals surface area contributed by atoms with Gasteiger partial charge in [0.25, 0.3) is 0 Å². The summed E-state index contributed by atoms with van der Waals surface area (Å²) >= 11 is 0. The van der Waals surface area contributed by atoms with Gasteiger partial charge in [0.15, 0.2) is 12.0 Å². The molecule has 9 heteroatoms. The smallest absolute Gasteiger partial charge is 0.169 e. The van der Waals surface area contributed by atoms with E-state index in [0.29, 0.717) is 23.6 Å². The predicted octanol–water partition coefficient (Wildman–Crippen LogP) is 3.82. The number of pyridine rings is 1. The largest absolute Gasteiger partial charge is 0.396 e. The molecule has 1 atom stereocenters. The Morgan fingerprint density at radius 3 is 2.86 bits per heavy atom. The molecule has 29 heavy (non-hydrogen) atoms. The van der Waals surface area contributed by atoms with Gasteiger partial charge in [-0.1, -0.05) is 6.07 Å². The molecule has 1 unspecified atom stereocenters. The third-order valence-electron chi connectivity index (χ3n) is 5.10. The fourth-order valence-corrected chi connectivity index (χ4v) is 3.61. The maximum atomic E-state index is 14.4. The van der Waals surface area contributed by atoms with E-state index < -0.39 is 11.6 Å². The van der Waals surface area contributed by atoms with E-state index in [2.05, 4.69) is 15.2 Å². The summed E-state index contributed by atoms with van der Waals surface area (Å²) in [5, 5.41) is 8.83. The van der Waals surface area contributed by atoms with Gasteiger partial charge in [0, 0.05) is 18.4 Å². The molecule has 1 aliphatic heterocycles. The van der Waals surface area contributed by atoms with E-state index in [0.717, 1.165) is 30.8 Å². The number of aromatic nitrogens is 5. The Bertz CT molecular complexity index is 1200. The minimum Gasteiger partial charge on any atom is -0.396 e. The first-order chi connectivity index (χ1) is 14.1. The van der Waals surface area contributed by atoms with Gasteiger partial charge < -0.3 is 14.9 Å². The average molecular weight is 396 g/mol. The Labute approximate surface area is 164 Å². The van der Waals surface area contributed by atoms with Crippen LogP contribution in [0.25, 0.3) is 28.0 Å². The molecule has 7 nitrogen and oxygen atoms in total. The van der Waals surface area contributed by atoms with Crippen molar-refractivity contribution < 1.29 is 13.5 Å². The van der Waals surface area contributed by atoms with Gasteiger partial charge in [-0.25, -0.2) is 13.8 Å². The number of imidazole rings is 1. The Morgan fingerprint density at radius 1 is 1.14 bits per heavy atom. The summed E-state index contributed by atoms with van der Waals surface area (Å²) in [4.78, 5) is 5.99. The van der Waals surface area contributed by atoms with Crippen LogP contribution >= 0.6 is 0 Å². The maximum absolute atomic E-state index is 14.4. The number of ether oxygens (including phenoxy) is 1. The fraction of sp³-hybridized carbons (Fsp3) is 0.250. The SMILES string of the molecule is Nc1ccc(F)c(-c2ccc3c(-c4cnn(C5CCCCO5)n4)ncn3c2)c1F. The zero-order valence-electron chi connectivity index (χ0n) is 15.4. The molecule has 0 radical (unpaired) electrons. The lowest BCUT2D eigenvalue weighted by Gasteiger charge is -2.21. The molecule has 2 N–H and O–H groups in total. The third kappa shape index (κ3) is 3.03. The molecular weight excluding hydrogens is 378 g/mol. The number of rotatable bonds is 3. The van der Waals surface area contributed by atoms with Crippen molar-refractivity contribution in [2.45, 2.75) is 25.5 Å². The number of fused-ring (bicyclic) bond motifs is 1. The van der Waals surface area contributed by atoms with Gasteiger partial charge in [0.1, 0.15) is 23.5 Å². The van der Waals surface area contributed by atoms with E-state index in [1.54, 1.807) is 40.1 Å². The number of anilines is 1. The van der Waals surface area contributed by atoms with Crippen LogP contribution in [0.5, 0.6) is 0 Å². The van der Waals surface area contributed by atoms with Gasteiger partial charge >= 0.3 is 0 Å². The molecule has 1 aliphatic rings. The minimum atomic E-state index is -0.778. The van der Waals surface area contributed by atoms with Crippen molar-refractivity contribution in [2.24, 2.45) is 0 Å². The van der Waals surface area contributed by atoms with Gasteiger partial charge in [-0.15, -0.1) is 5.10 Å². The molecule has 0 spiro atoms. The molecule has 4 heterocycles. The zero-order chi connectivity index (χ0) is 20.0. The highest BCUT2D eigenvalue weighted by molar-refractivity contribution is 5.77. The summed E-state index contributed by atoms with van der Waals surface area (Å²) in [6.07, 6.45) is 7.67. The number of nitrogens with two attached hydrogens (primary N) is 1. The molecular formula is C20H18F2N6O. The Balaban J connectivity index is 1.52. The van der Waals surface area contributed by atoms with E-state index >= 15 is 0 Å². The summed E-state index contributed by atoms with van der Waals surface area (Å²) in [7, 11) is 0. The lowest BCUT2D eigenvalue weighted by atomic mass is 10.0. The number of hydrogen-bond donors (Lipinski definition) is 1. The number of nitrogen functional groups attached to an aromatic ring is 1. The molecule has 148 valence electrons. The van der Waals surface area contributed by atoms with Crippen LogP contribution in [0, 0.1) is 11.6 Å². The molecule has 3 aromatic heterocycles. The van der Waals surface area contributed by atoms with Crippen molar-refractivity contribution in [3.63, 3.8) is 0 Å². The summed E-state index contributed by atoms with van der Waals surface area (Å²) in [6, 6.07) is 5.75. The van der Waals surface area contributed by atoms with Crippen LogP contribution in [0.15, 0.2) is 43.0 Å². The highest BCUT2D eigenvalue weighted by atomic mass is 19.1. The van der Waals surface area contributed by atoms with Gasteiger partial charge in [-0.3, -0.25) is 0 Å². The molecule has 0 aliphatic carbocycles. The maximum Gasteiger partial charge on any atom is 0.169 e. The van der Waals surface area contributed by atoms with Gasteiger partial charge in [0.2, 0.25) is 0 Å². The standard InChI is InChI=1S/C20H18F2N6O/c21-13-5-6-14(23)19(22)18(13)12-4-7-16-20(24-11-27(16)10-12)15-9-25-28(26-15)17-3-1-2-8-29-17/h4-7,9-11,17H,1-3,8,23H2. The lowest BCUT2D eigenvalue weighted by molar-refractivity contribution is -0.0479. The van der Waals surface area contributed by atoms with Crippen molar-refractivity contribution in [1.29, 1.82) is 0 Å². The van der Waals surface area contributed by atoms with Crippen molar-refractivity contribution >= 4 is 11.2 Å². The second kappa shape index (κ2) is 6.93. The highest BCUT2D eigenvalue weighted by Gasteiger charge is 2.20. The molecule has 0 bridgehead atoms. The van der Waals surface area contributed by atoms with Crippen LogP contribution in [-0.2, 0) is 4.74 Å². The minimum absolute atomic E-state index is 0.102. The van der Waals surface area contributed by atoms with Gasteiger partial charge in [-0.05, 0) is 37.5 Å². The van der Waals surface area contributed by atoms with E-state index in [1.807, 2.05) is 0 Å². The first-order valence-corrected chi connectivity index (χ1v) is 9.36. The van der Waals surface area contributed by atoms with Crippen LogP contribution < -0.4 is 5.73 Å². The van der Waals surface area contributed by atoms with E-state index in [4.69, 9.17) is 10.5 Å². The topological polar surface area (TPSA) is 83.3 Å². The molecule has 1 fully saturated rings. The fourth-order valence-electron chi connectivity index (χ4n) is 3.61. The van der Waals surface area contributed by atoms with E-state index in [-0.39, 0.29) is 17.5 Å². The van der Waals surface area contributed by atoms with Crippen molar-refractivity contribution in [1.82, 2.24) is 24.4 Å². The Morgan fingerprint density at radius 2 is 2.03 bits per heavy atom. The number of hydrogen-bond acceptors (Lipinski definition) is 5. The summed E-state index contributed by atoms with van der Waals surface area (Å²) in [5.41, 5.74) is 7.68. The second-order valence-electron chi connectivity index (χ2n) is 7.00. The number of benzene rings is 1. The van der Waals surface area contributed by atoms with Crippen molar-refractivity contribution in [3.8, 4) is 22.5 Å². The quantitative estimate of drug-likeness (QED) is 0.532. The van der Waals surface area contributed by atoms with Crippen LogP contribution in [0.2, 0.25) is 0 Å².